The van der Waals surface area contributed by atoms with Crippen LogP contribution in [0.2, 0.25) is 0 Å². The molecular formula is C10H19N3O3. The summed E-state index contributed by atoms with van der Waals surface area (Å²) in [6.45, 7) is 5.58. The molecule has 1 aromatic rings. The maximum atomic E-state index is 9.15. The van der Waals surface area contributed by atoms with Crippen LogP contribution in [0.25, 0.3) is 0 Å². The maximum absolute atomic E-state index is 9.15. The molecule has 0 bridgehead atoms. The van der Waals surface area contributed by atoms with E-state index in [9.17, 15) is 0 Å². The molecular weight excluding hydrogens is 210 g/mol. The molecule has 0 radical (unpaired) electrons. The average molecular weight is 229 g/mol. The van der Waals surface area contributed by atoms with Crippen LogP contribution >= 0.6 is 0 Å². The lowest BCUT2D eigenvalue weighted by Gasteiger charge is -2.13. The molecule has 1 atom stereocenters. The average Bonchev–Trinajstić information content (AvgIpc) is 2.71. The molecule has 0 aliphatic carbocycles. The smallest absolute Gasteiger partial charge is 0.114 e. The lowest BCUT2D eigenvalue weighted by molar-refractivity contribution is 0.101. The standard InChI is InChI=1S/C10H19N3O3/c1-4-16-6-5-13-10(8(2)15-3)9(7-14)11-12-13/h8,14H,4-7H2,1-3H3. The Labute approximate surface area is 95.2 Å². The number of hydrogen-bond acceptors (Lipinski definition) is 5. The zero-order valence-electron chi connectivity index (χ0n) is 10.0. The van der Waals surface area contributed by atoms with E-state index in [0.717, 1.165) is 5.69 Å². The van der Waals surface area contributed by atoms with Crippen LogP contribution in [-0.2, 0) is 22.6 Å². The first kappa shape index (κ1) is 13.1. The van der Waals surface area contributed by atoms with E-state index in [0.29, 0.717) is 25.5 Å². The lowest BCUT2D eigenvalue weighted by Crippen LogP contribution is -2.14. The predicted octanol–water partition coefficient (Wildman–Crippen LogP) is 0.514. The lowest BCUT2D eigenvalue weighted by atomic mass is 10.2. The molecule has 0 fully saturated rings. The highest BCUT2D eigenvalue weighted by Crippen LogP contribution is 2.18. The molecule has 6 nitrogen and oxygen atoms in total. The Hall–Kier alpha value is -0.980. The van der Waals surface area contributed by atoms with Crippen molar-refractivity contribution in [3.8, 4) is 0 Å². The van der Waals surface area contributed by atoms with E-state index < -0.39 is 0 Å². The van der Waals surface area contributed by atoms with Gasteiger partial charge >= 0.3 is 0 Å². The monoisotopic (exact) mass is 229 g/mol. The molecule has 6 heteroatoms. The SMILES string of the molecule is CCOCCn1nnc(CO)c1C(C)OC. The van der Waals surface area contributed by atoms with Crippen LogP contribution in [-0.4, -0.2) is 40.4 Å². The molecule has 0 aliphatic heterocycles. The van der Waals surface area contributed by atoms with Crippen molar-refractivity contribution >= 4 is 0 Å². The van der Waals surface area contributed by atoms with Crippen LogP contribution in [0.1, 0.15) is 31.3 Å². The molecule has 1 aromatic heterocycles. The summed E-state index contributed by atoms with van der Waals surface area (Å²) in [6, 6.07) is 0. The Kier molecular flexibility index (Phi) is 5.37. The number of nitrogens with zero attached hydrogens (tertiary/aromatic N) is 3. The van der Waals surface area contributed by atoms with Crippen LogP contribution in [0, 0.1) is 0 Å². The summed E-state index contributed by atoms with van der Waals surface area (Å²) in [4.78, 5) is 0. The number of methoxy groups -OCH3 is 1. The van der Waals surface area contributed by atoms with Gasteiger partial charge in [-0.1, -0.05) is 5.21 Å². The Morgan fingerprint density at radius 1 is 1.50 bits per heavy atom. The molecule has 1 unspecified atom stereocenters. The van der Waals surface area contributed by atoms with Gasteiger partial charge in [0, 0.05) is 13.7 Å². The minimum Gasteiger partial charge on any atom is -0.390 e. The summed E-state index contributed by atoms with van der Waals surface area (Å²) in [5.41, 5.74) is 1.37. The molecule has 1 heterocycles. The second-order valence-corrected chi connectivity index (χ2v) is 3.38. The Balaban J connectivity index is 2.78. The molecule has 16 heavy (non-hydrogen) atoms. The van der Waals surface area contributed by atoms with E-state index in [-0.39, 0.29) is 12.7 Å². The highest BCUT2D eigenvalue weighted by Gasteiger charge is 2.17. The van der Waals surface area contributed by atoms with Crippen LogP contribution in [0.5, 0.6) is 0 Å². The third kappa shape index (κ3) is 3.01. The van der Waals surface area contributed by atoms with Crippen molar-refractivity contribution in [3.63, 3.8) is 0 Å². The topological polar surface area (TPSA) is 69.4 Å². The van der Waals surface area contributed by atoms with Crippen molar-refractivity contribution in [2.45, 2.75) is 33.1 Å². The van der Waals surface area contributed by atoms with Gasteiger partial charge in [-0.3, -0.25) is 0 Å². The van der Waals surface area contributed by atoms with Crippen molar-refractivity contribution in [2.75, 3.05) is 20.3 Å². The summed E-state index contributed by atoms with van der Waals surface area (Å²) in [5, 5.41) is 17.0. The van der Waals surface area contributed by atoms with Crippen LogP contribution in [0.4, 0.5) is 0 Å². The van der Waals surface area contributed by atoms with Crippen LogP contribution in [0.15, 0.2) is 0 Å². The second kappa shape index (κ2) is 6.57. The molecule has 1 N–H and O–H groups in total. The summed E-state index contributed by atoms with van der Waals surface area (Å²) in [5.74, 6) is 0. The van der Waals surface area contributed by atoms with E-state index in [1.807, 2.05) is 13.8 Å². The Morgan fingerprint density at radius 2 is 2.25 bits per heavy atom. The molecule has 1 rings (SSSR count). The zero-order chi connectivity index (χ0) is 12.0. The number of rotatable bonds is 7. The number of aliphatic hydroxyl groups excluding tert-OH is 1. The first-order valence-electron chi connectivity index (χ1n) is 5.38. The highest BCUT2D eigenvalue weighted by molar-refractivity contribution is 5.12. The maximum Gasteiger partial charge on any atom is 0.114 e. The first-order chi connectivity index (χ1) is 7.74. The Bertz CT molecular complexity index is 314. The van der Waals surface area contributed by atoms with Crippen molar-refractivity contribution in [1.82, 2.24) is 15.0 Å². The predicted molar refractivity (Wildman–Crippen MR) is 57.9 cm³/mol. The summed E-state index contributed by atoms with van der Waals surface area (Å²) >= 11 is 0. The molecule has 0 aliphatic rings. The Morgan fingerprint density at radius 3 is 2.81 bits per heavy atom. The third-order valence-electron chi connectivity index (χ3n) is 2.39. The number of aromatic nitrogens is 3. The van der Waals surface area contributed by atoms with Gasteiger partial charge in [-0.25, -0.2) is 4.68 Å². The van der Waals surface area contributed by atoms with Gasteiger partial charge in [0.15, 0.2) is 0 Å². The number of hydrogen-bond donors (Lipinski definition) is 1. The van der Waals surface area contributed by atoms with E-state index >= 15 is 0 Å². The van der Waals surface area contributed by atoms with Gasteiger partial charge in [0.1, 0.15) is 5.69 Å². The van der Waals surface area contributed by atoms with Crippen molar-refractivity contribution in [3.05, 3.63) is 11.4 Å². The fourth-order valence-corrected chi connectivity index (χ4v) is 1.49. The van der Waals surface area contributed by atoms with Gasteiger partial charge in [0.2, 0.25) is 0 Å². The fourth-order valence-electron chi connectivity index (χ4n) is 1.49. The van der Waals surface area contributed by atoms with Gasteiger partial charge < -0.3 is 14.6 Å². The van der Waals surface area contributed by atoms with Crippen molar-refractivity contribution in [2.24, 2.45) is 0 Å². The van der Waals surface area contributed by atoms with Gasteiger partial charge in [0.05, 0.1) is 31.6 Å². The van der Waals surface area contributed by atoms with E-state index in [4.69, 9.17) is 14.6 Å². The molecule has 92 valence electrons. The minimum atomic E-state index is -0.140. The molecule has 0 saturated carbocycles. The van der Waals surface area contributed by atoms with E-state index in [1.54, 1.807) is 11.8 Å². The van der Waals surface area contributed by atoms with Crippen LogP contribution < -0.4 is 0 Å². The van der Waals surface area contributed by atoms with Crippen LogP contribution in [0.3, 0.4) is 0 Å². The summed E-state index contributed by atoms with van der Waals surface area (Å²) in [7, 11) is 1.62. The minimum absolute atomic E-state index is 0.127. The largest absolute Gasteiger partial charge is 0.390 e. The van der Waals surface area contributed by atoms with Gasteiger partial charge in [-0.05, 0) is 13.8 Å². The number of aliphatic hydroxyl groups is 1. The van der Waals surface area contributed by atoms with E-state index in [2.05, 4.69) is 10.3 Å². The molecule has 0 saturated heterocycles. The zero-order valence-corrected chi connectivity index (χ0v) is 10.0. The third-order valence-corrected chi connectivity index (χ3v) is 2.39. The molecule has 0 aromatic carbocycles. The summed E-state index contributed by atoms with van der Waals surface area (Å²) < 4.78 is 12.2. The van der Waals surface area contributed by atoms with Crippen molar-refractivity contribution in [1.29, 1.82) is 0 Å². The quantitative estimate of drug-likeness (QED) is 0.690. The van der Waals surface area contributed by atoms with Gasteiger partial charge in [-0.2, -0.15) is 0 Å². The number of ether oxygens (including phenoxy) is 2. The van der Waals surface area contributed by atoms with Gasteiger partial charge in [-0.15, -0.1) is 5.10 Å². The highest BCUT2D eigenvalue weighted by atomic mass is 16.5. The summed E-state index contributed by atoms with van der Waals surface area (Å²) in [6.07, 6.45) is -0.140. The second-order valence-electron chi connectivity index (χ2n) is 3.38. The van der Waals surface area contributed by atoms with Gasteiger partial charge in [0.25, 0.3) is 0 Å². The normalized spacial score (nSPS) is 13.0. The first-order valence-corrected chi connectivity index (χ1v) is 5.38. The van der Waals surface area contributed by atoms with Crippen molar-refractivity contribution < 1.29 is 14.6 Å². The fraction of sp³-hybridized carbons (Fsp3) is 0.800. The van der Waals surface area contributed by atoms with E-state index in [1.165, 1.54) is 0 Å². The molecule has 0 amide bonds. The molecule has 0 spiro atoms.